The van der Waals surface area contributed by atoms with Gasteiger partial charge in [0, 0.05) is 5.69 Å². The average molecular weight is 354 g/mol. The van der Waals surface area contributed by atoms with E-state index in [1.807, 2.05) is 32.0 Å². The summed E-state index contributed by atoms with van der Waals surface area (Å²) < 4.78 is 52.1. The maximum absolute atomic E-state index is 13.1. The van der Waals surface area contributed by atoms with Gasteiger partial charge in [-0.05, 0) is 43.2 Å². The van der Waals surface area contributed by atoms with E-state index in [0.29, 0.717) is 17.8 Å². The molecule has 0 radical (unpaired) electrons. The van der Waals surface area contributed by atoms with Crippen molar-refractivity contribution in [1.82, 2.24) is 4.72 Å². The number of benzene rings is 2. The van der Waals surface area contributed by atoms with E-state index < -0.39 is 39.0 Å². The van der Waals surface area contributed by atoms with Gasteiger partial charge in [-0.3, -0.25) is 4.79 Å². The Labute approximate surface area is 138 Å². The third kappa shape index (κ3) is 4.15. The second-order valence-corrected chi connectivity index (χ2v) is 6.98. The quantitative estimate of drug-likeness (QED) is 0.866. The van der Waals surface area contributed by atoms with Gasteiger partial charge < -0.3 is 5.32 Å². The predicted octanol–water partition coefficient (Wildman–Crippen LogP) is 2.50. The van der Waals surface area contributed by atoms with E-state index in [4.69, 9.17) is 0 Å². The summed E-state index contributed by atoms with van der Waals surface area (Å²) in [6, 6.07) is 7.65. The van der Waals surface area contributed by atoms with Crippen molar-refractivity contribution in [3.8, 4) is 0 Å². The van der Waals surface area contributed by atoms with E-state index >= 15 is 0 Å². The Morgan fingerprint density at radius 3 is 2.25 bits per heavy atom. The van der Waals surface area contributed by atoms with Crippen LogP contribution < -0.4 is 10.0 Å². The van der Waals surface area contributed by atoms with Gasteiger partial charge in [0.15, 0.2) is 11.6 Å². The Hall–Kier alpha value is -2.32. The third-order valence-corrected chi connectivity index (χ3v) is 4.77. The number of amides is 1. The molecule has 0 fully saturated rings. The molecular weight excluding hydrogens is 338 g/mol. The first-order valence-corrected chi connectivity index (χ1v) is 8.50. The van der Waals surface area contributed by atoms with Crippen molar-refractivity contribution >= 4 is 21.6 Å². The molecule has 0 aliphatic heterocycles. The molecule has 2 rings (SSSR count). The summed E-state index contributed by atoms with van der Waals surface area (Å²) >= 11 is 0. The highest BCUT2D eigenvalue weighted by Gasteiger charge is 2.18. The Morgan fingerprint density at radius 1 is 1.04 bits per heavy atom. The van der Waals surface area contributed by atoms with Crippen molar-refractivity contribution < 1.29 is 22.0 Å². The summed E-state index contributed by atoms with van der Waals surface area (Å²) in [4.78, 5) is 11.5. The van der Waals surface area contributed by atoms with Crippen LogP contribution in [0.15, 0.2) is 41.3 Å². The molecule has 2 aromatic rings. The molecule has 0 aromatic heterocycles. The van der Waals surface area contributed by atoms with Crippen molar-refractivity contribution in [3.63, 3.8) is 0 Å². The van der Waals surface area contributed by atoms with E-state index in [1.165, 1.54) is 0 Å². The number of nitrogens with one attached hydrogen (secondary N) is 2. The molecule has 2 aromatic carbocycles. The van der Waals surface area contributed by atoms with Crippen molar-refractivity contribution in [3.05, 3.63) is 59.2 Å². The summed E-state index contributed by atoms with van der Waals surface area (Å²) in [5.41, 5.74) is 2.29. The van der Waals surface area contributed by atoms with Gasteiger partial charge in [0.05, 0.1) is 11.4 Å². The van der Waals surface area contributed by atoms with Gasteiger partial charge >= 0.3 is 0 Å². The lowest BCUT2D eigenvalue weighted by Crippen LogP contribution is -2.33. The number of carbonyl (C=O) groups is 1. The minimum absolute atomic E-state index is 0.457. The van der Waals surface area contributed by atoms with Crippen LogP contribution in [0.1, 0.15) is 11.1 Å². The third-order valence-electron chi connectivity index (χ3n) is 3.37. The highest BCUT2D eigenvalue weighted by atomic mass is 32.2. The van der Waals surface area contributed by atoms with E-state index in [0.717, 1.165) is 17.2 Å². The largest absolute Gasteiger partial charge is 0.324 e. The fraction of sp³-hybridized carbons (Fsp3) is 0.188. The van der Waals surface area contributed by atoms with Gasteiger partial charge in [-0.2, -0.15) is 0 Å². The summed E-state index contributed by atoms with van der Waals surface area (Å²) in [7, 11) is -4.12. The molecule has 1 amide bonds. The number of sulfonamides is 1. The van der Waals surface area contributed by atoms with E-state index in [2.05, 4.69) is 10.0 Å². The SMILES string of the molecule is Cc1cccc(C)c1NC(=O)CNS(=O)(=O)c1ccc(F)c(F)c1. The number of para-hydroxylation sites is 1. The minimum atomic E-state index is -4.12. The van der Waals surface area contributed by atoms with Gasteiger partial charge in [-0.1, -0.05) is 18.2 Å². The lowest BCUT2D eigenvalue weighted by Gasteiger charge is -2.12. The lowest BCUT2D eigenvalue weighted by molar-refractivity contribution is -0.115. The normalized spacial score (nSPS) is 11.3. The lowest BCUT2D eigenvalue weighted by atomic mass is 10.1. The summed E-state index contributed by atoms with van der Waals surface area (Å²) in [6.45, 7) is 3.09. The van der Waals surface area contributed by atoms with Crippen LogP contribution in [0.3, 0.4) is 0 Å². The summed E-state index contributed by atoms with van der Waals surface area (Å²) in [5.74, 6) is -3.00. The van der Waals surface area contributed by atoms with Crippen LogP contribution in [0, 0.1) is 25.5 Å². The molecule has 0 aliphatic carbocycles. The van der Waals surface area contributed by atoms with Crippen LogP contribution in [0.5, 0.6) is 0 Å². The van der Waals surface area contributed by atoms with E-state index in [9.17, 15) is 22.0 Å². The smallest absolute Gasteiger partial charge is 0.241 e. The molecule has 24 heavy (non-hydrogen) atoms. The van der Waals surface area contributed by atoms with Crippen LogP contribution >= 0.6 is 0 Å². The fourth-order valence-corrected chi connectivity index (χ4v) is 3.08. The van der Waals surface area contributed by atoms with E-state index in [-0.39, 0.29) is 0 Å². The molecular formula is C16H16F2N2O3S. The van der Waals surface area contributed by atoms with Crippen LogP contribution in [-0.2, 0) is 14.8 Å². The molecule has 2 N–H and O–H groups in total. The second kappa shape index (κ2) is 7.06. The number of halogens is 2. The number of hydrogen-bond acceptors (Lipinski definition) is 3. The number of rotatable bonds is 5. The minimum Gasteiger partial charge on any atom is -0.324 e. The predicted molar refractivity (Wildman–Crippen MR) is 86.1 cm³/mol. The highest BCUT2D eigenvalue weighted by molar-refractivity contribution is 7.89. The Morgan fingerprint density at radius 2 is 1.67 bits per heavy atom. The van der Waals surface area contributed by atoms with Crippen molar-refractivity contribution in [2.24, 2.45) is 0 Å². The maximum atomic E-state index is 13.1. The monoisotopic (exact) mass is 354 g/mol. The first-order chi connectivity index (χ1) is 11.2. The highest BCUT2D eigenvalue weighted by Crippen LogP contribution is 2.19. The number of carbonyl (C=O) groups excluding carboxylic acids is 1. The molecule has 0 bridgehead atoms. The molecule has 8 heteroatoms. The molecule has 0 spiro atoms. The van der Waals surface area contributed by atoms with Crippen LogP contribution in [0.2, 0.25) is 0 Å². The van der Waals surface area contributed by atoms with Crippen molar-refractivity contribution in [2.75, 3.05) is 11.9 Å². The second-order valence-electron chi connectivity index (χ2n) is 5.22. The van der Waals surface area contributed by atoms with Gasteiger partial charge in [0.1, 0.15) is 0 Å². The first-order valence-electron chi connectivity index (χ1n) is 7.01. The standard InChI is InChI=1S/C16H16F2N2O3S/c1-10-4-3-5-11(2)16(10)20-15(21)9-19-24(22,23)12-6-7-13(17)14(18)8-12/h3-8,19H,9H2,1-2H3,(H,20,21). The topological polar surface area (TPSA) is 75.3 Å². The Bertz CT molecular complexity index is 863. The fourth-order valence-electron chi connectivity index (χ4n) is 2.08. The Balaban J connectivity index is 2.06. The summed E-state index contributed by atoms with van der Waals surface area (Å²) in [6.07, 6.45) is 0. The first kappa shape index (κ1) is 18.0. The van der Waals surface area contributed by atoms with Gasteiger partial charge in [0.2, 0.25) is 15.9 Å². The molecule has 0 saturated carbocycles. The van der Waals surface area contributed by atoms with Gasteiger partial charge in [-0.15, -0.1) is 0 Å². The van der Waals surface area contributed by atoms with Gasteiger partial charge in [-0.25, -0.2) is 21.9 Å². The molecule has 0 saturated heterocycles. The zero-order valence-corrected chi connectivity index (χ0v) is 13.9. The zero-order valence-electron chi connectivity index (χ0n) is 13.1. The maximum Gasteiger partial charge on any atom is 0.241 e. The zero-order chi connectivity index (χ0) is 17.9. The van der Waals surface area contributed by atoms with Crippen molar-refractivity contribution in [2.45, 2.75) is 18.7 Å². The molecule has 5 nitrogen and oxygen atoms in total. The van der Waals surface area contributed by atoms with Gasteiger partial charge in [0.25, 0.3) is 0 Å². The van der Waals surface area contributed by atoms with Crippen LogP contribution in [0.25, 0.3) is 0 Å². The van der Waals surface area contributed by atoms with Crippen LogP contribution in [-0.4, -0.2) is 20.9 Å². The average Bonchev–Trinajstić information content (AvgIpc) is 2.52. The number of hydrogen-bond donors (Lipinski definition) is 2. The number of anilines is 1. The van der Waals surface area contributed by atoms with Crippen LogP contribution in [0.4, 0.5) is 14.5 Å². The molecule has 0 atom stereocenters. The molecule has 128 valence electrons. The molecule has 0 aliphatic rings. The number of aryl methyl sites for hydroxylation is 2. The van der Waals surface area contributed by atoms with Crippen molar-refractivity contribution in [1.29, 1.82) is 0 Å². The molecule has 0 unspecified atom stereocenters. The molecule has 0 heterocycles. The summed E-state index contributed by atoms with van der Waals surface area (Å²) in [5, 5.41) is 2.62. The Kier molecular flexibility index (Phi) is 5.30. The van der Waals surface area contributed by atoms with E-state index in [1.54, 1.807) is 0 Å².